The molecule has 4 aromatic rings. The molecule has 0 unspecified atom stereocenters. The number of hydrogen-bond donors (Lipinski definition) is 0. The number of fused-ring (bicyclic) bond motifs is 1. The van der Waals surface area contributed by atoms with Crippen molar-refractivity contribution in [3.8, 4) is 16.9 Å². The van der Waals surface area contributed by atoms with Crippen LogP contribution in [0.15, 0.2) is 60.7 Å². The lowest BCUT2D eigenvalue weighted by atomic mass is 9.89. The maximum Gasteiger partial charge on any atom is 0.410 e. The van der Waals surface area contributed by atoms with Crippen LogP contribution in [-0.2, 0) is 11.3 Å². The van der Waals surface area contributed by atoms with Crippen molar-refractivity contribution < 1.29 is 28.2 Å². The van der Waals surface area contributed by atoms with Crippen molar-refractivity contribution in [3.05, 3.63) is 87.5 Å². The van der Waals surface area contributed by atoms with Crippen molar-refractivity contribution >= 4 is 50.8 Å². The maximum absolute atomic E-state index is 14.8. The van der Waals surface area contributed by atoms with Crippen LogP contribution in [0.25, 0.3) is 21.2 Å². The summed E-state index contributed by atoms with van der Waals surface area (Å²) < 4.78 is 26.8. The summed E-state index contributed by atoms with van der Waals surface area (Å²) in [6.07, 6.45) is 2.26. The molecule has 5 rings (SSSR count). The Morgan fingerprint density at radius 1 is 0.957 bits per heavy atom. The van der Waals surface area contributed by atoms with Crippen LogP contribution in [-0.4, -0.2) is 59.4 Å². The monoisotopic (exact) mass is 678 g/mol. The number of Topliss-reactive ketones (excluding diaryl/α,β-unsaturated/α-hetero) is 1. The van der Waals surface area contributed by atoms with E-state index in [9.17, 15) is 18.8 Å². The number of halogens is 2. The number of benzene rings is 3. The lowest BCUT2D eigenvalue weighted by molar-refractivity contribution is 0.0144. The largest absolute Gasteiger partial charge is 0.496 e. The Labute approximate surface area is 284 Å². The first-order valence-electron chi connectivity index (χ1n) is 15.7. The number of ketones is 1. The van der Waals surface area contributed by atoms with Gasteiger partial charge in [-0.25, -0.2) is 9.18 Å². The summed E-state index contributed by atoms with van der Waals surface area (Å²) in [7, 11) is 3.34. The van der Waals surface area contributed by atoms with Gasteiger partial charge in [0.05, 0.1) is 12.1 Å². The Morgan fingerprint density at radius 3 is 2.26 bits per heavy atom. The summed E-state index contributed by atoms with van der Waals surface area (Å²) in [5.74, 6) is -0.171. The first-order valence-corrected chi connectivity index (χ1v) is 16.9. The molecule has 3 aromatic carbocycles. The minimum atomic E-state index is -0.601. The quantitative estimate of drug-likeness (QED) is 0.174. The normalized spacial score (nSPS) is 16.5. The summed E-state index contributed by atoms with van der Waals surface area (Å²) >= 11 is 7.89. The summed E-state index contributed by atoms with van der Waals surface area (Å²) in [4.78, 5) is 43.1. The van der Waals surface area contributed by atoms with Crippen LogP contribution in [0, 0.1) is 5.82 Å². The maximum atomic E-state index is 14.8. The Morgan fingerprint density at radius 2 is 1.62 bits per heavy atom. The van der Waals surface area contributed by atoms with Crippen LogP contribution < -0.4 is 4.74 Å². The molecule has 10 heteroatoms. The van der Waals surface area contributed by atoms with Gasteiger partial charge < -0.3 is 19.3 Å². The highest BCUT2D eigenvalue weighted by Gasteiger charge is 2.35. The predicted molar refractivity (Wildman–Crippen MR) is 185 cm³/mol. The average molecular weight is 679 g/mol. The van der Waals surface area contributed by atoms with Crippen molar-refractivity contribution in [3.63, 3.8) is 0 Å². The minimum Gasteiger partial charge on any atom is -0.496 e. The summed E-state index contributed by atoms with van der Waals surface area (Å²) in [5, 5.41) is 0.355. The van der Waals surface area contributed by atoms with Crippen molar-refractivity contribution in [1.29, 1.82) is 0 Å². The fourth-order valence-electron chi connectivity index (χ4n) is 6.13. The van der Waals surface area contributed by atoms with Crippen LogP contribution >= 0.6 is 22.9 Å². The molecule has 0 saturated heterocycles. The van der Waals surface area contributed by atoms with E-state index in [-0.39, 0.29) is 51.7 Å². The molecule has 0 radical (unpaired) electrons. The lowest BCUT2D eigenvalue weighted by Crippen LogP contribution is -2.47. The molecule has 0 aliphatic heterocycles. The van der Waals surface area contributed by atoms with E-state index in [4.69, 9.17) is 21.1 Å². The number of hydrogen-bond acceptors (Lipinski definition) is 6. The predicted octanol–water partition coefficient (Wildman–Crippen LogP) is 9.39. The summed E-state index contributed by atoms with van der Waals surface area (Å²) in [6.45, 7) is 7.27. The Bertz CT molecular complexity index is 1810. The van der Waals surface area contributed by atoms with E-state index >= 15 is 0 Å². The fraction of sp³-hybridized carbons (Fsp3) is 0.378. The fourth-order valence-corrected chi connectivity index (χ4v) is 7.64. The van der Waals surface area contributed by atoms with Crippen molar-refractivity contribution in [2.45, 2.75) is 77.6 Å². The standard InChI is InChI=1S/C37H40ClFN2O5S/c1-22(42)23-9-7-10-24(19-23)25-13-18-30(45-6)26(20-25)21-41(35(43)34-33(38)32-29(39)11-8-12-31(32)47-34)28-16-14-27(15-17-28)40(5)36(44)46-37(2,3)4/h7-13,18-20,27-28H,14-17,21H2,1-6H3/t27-,28-. The number of ether oxygens (including phenoxy) is 2. The third-order valence-corrected chi connectivity index (χ3v) is 10.3. The highest BCUT2D eigenvalue weighted by Crippen LogP contribution is 2.40. The number of carbonyl (C=O) groups is 3. The smallest absolute Gasteiger partial charge is 0.410 e. The van der Waals surface area contributed by atoms with Crippen LogP contribution in [0.5, 0.6) is 5.75 Å². The van der Waals surface area contributed by atoms with Crippen LogP contribution in [0.4, 0.5) is 9.18 Å². The van der Waals surface area contributed by atoms with E-state index in [1.807, 2.05) is 62.1 Å². The van der Waals surface area contributed by atoms with Crippen molar-refractivity contribution in [2.75, 3.05) is 14.2 Å². The zero-order chi connectivity index (χ0) is 34.0. The van der Waals surface area contributed by atoms with Gasteiger partial charge in [0.2, 0.25) is 0 Å². The number of methoxy groups -OCH3 is 1. The molecule has 1 saturated carbocycles. The third kappa shape index (κ3) is 7.63. The molecule has 7 nitrogen and oxygen atoms in total. The minimum absolute atomic E-state index is 0.0260. The van der Waals surface area contributed by atoms with Crippen molar-refractivity contribution in [1.82, 2.24) is 9.80 Å². The molecule has 1 heterocycles. The van der Waals surface area contributed by atoms with E-state index in [0.717, 1.165) is 16.7 Å². The van der Waals surface area contributed by atoms with Crippen LogP contribution in [0.3, 0.4) is 0 Å². The highest BCUT2D eigenvalue weighted by molar-refractivity contribution is 7.21. The second-order valence-electron chi connectivity index (χ2n) is 13.0. The molecule has 1 aromatic heterocycles. The van der Waals surface area contributed by atoms with E-state index in [1.54, 1.807) is 37.3 Å². The van der Waals surface area contributed by atoms with Gasteiger partial charge in [0.15, 0.2) is 5.78 Å². The van der Waals surface area contributed by atoms with E-state index < -0.39 is 11.4 Å². The highest BCUT2D eigenvalue weighted by atomic mass is 35.5. The van der Waals surface area contributed by atoms with Gasteiger partial charge in [-0.05, 0) is 94.8 Å². The molecule has 0 spiro atoms. The van der Waals surface area contributed by atoms with Crippen LogP contribution in [0.1, 0.15) is 79.0 Å². The molecule has 2 amide bonds. The molecule has 248 valence electrons. The van der Waals surface area contributed by atoms with E-state index in [0.29, 0.717) is 41.7 Å². The zero-order valence-electron chi connectivity index (χ0n) is 27.6. The molecule has 1 fully saturated rings. The number of nitrogens with zero attached hydrogens (tertiary/aromatic N) is 2. The van der Waals surface area contributed by atoms with Gasteiger partial charge in [0.1, 0.15) is 22.0 Å². The van der Waals surface area contributed by atoms with Gasteiger partial charge >= 0.3 is 6.09 Å². The topological polar surface area (TPSA) is 76.2 Å². The van der Waals surface area contributed by atoms with Gasteiger partial charge in [-0.1, -0.05) is 41.9 Å². The molecule has 0 atom stereocenters. The Balaban J connectivity index is 1.49. The molecular weight excluding hydrogens is 639 g/mol. The average Bonchev–Trinajstić information content (AvgIpc) is 3.39. The summed E-state index contributed by atoms with van der Waals surface area (Å²) in [5.41, 5.74) is 2.53. The Hall–Kier alpha value is -3.95. The molecule has 0 N–H and O–H groups in total. The van der Waals surface area contributed by atoms with E-state index in [1.165, 1.54) is 24.3 Å². The van der Waals surface area contributed by atoms with E-state index in [2.05, 4.69) is 0 Å². The SMILES string of the molecule is COc1ccc(-c2cccc(C(C)=O)c2)cc1CN(C(=O)c1sc2cccc(F)c2c1Cl)[C@H]1CC[C@H](N(C)C(=O)OC(C)(C)C)CC1. The van der Waals surface area contributed by atoms with Crippen molar-refractivity contribution in [2.24, 2.45) is 0 Å². The molecule has 1 aliphatic carbocycles. The molecule has 47 heavy (non-hydrogen) atoms. The zero-order valence-corrected chi connectivity index (χ0v) is 29.1. The van der Waals surface area contributed by atoms with Gasteiger partial charge in [-0.2, -0.15) is 0 Å². The number of carbonyl (C=O) groups excluding carboxylic acids is 3. The number of rotatable bonds is 8. The summed E-state index contributed by atoms with van der Waals surface area (Å²) in [6, 6.07) is 17.7. The lowest BCUT2D eigenvalue weighted by Gasteiger charge is -2.40. The molecular formula is C37H40ClFN2O5S. The van der Waals surface area contributed by atoms with Gasteiger partial charge in [-0.15, -0.1) is 11.3 Å². The van der Waals surface area contributed by atoms with Gasteiger partial charge in [0.25, 0.3) is 5.91 Å². The van der Waals surface area contributed by atoms with Gasteiger partial charge in [-0.3, -0.25) is 9.59 Å². The first kappa shape index (κ1) is 34.4. The van der Waals surface area contributed by atoms with Crippen LogP contribution in [0.2, 0.25) is 5.02 Å². The second-order valence-corrected chi connectivity index (χ2v) is 14.4. The van der Waals surface area contributed by atoms with Gasteiger partial charge in [0, 0.05) is 46.9 Å². The Kier molecular flexibility index (Phi) is 10.3. The molecule has 1 aliphatic rings. The number of amides is 2. The molecule has 0 bridgehead atoms. The third-order valence-electron chi connectivity index (χ3n) is 8.62. The first-order chi connectivity index (χ1) is 22.3. The number of thiophene rings is 1. The second kappa shape index (κ2) is 14.0.